The number of sulfone groups is 1. The lowest BCUT2D eigenvalue weighted by Gasteiger charge is -2.11. The predicted molar refractivity (Wildman–Crippen MR) is 123 cm³/mol. The highest BCUT2D eigenvalue weighted by atomic mass is 127. The van der Waals surface area contributed by atoms with E-state index in [-0.39, 0.29) is 22.1 Å². The number of aryl methyl sites for hydroxylation is 2. The summed E-state index contributed by atoms with van der Waals surface area (Å²) in [5.74, 6) is 0.0545. The second-order valence-corrected chi connectivity index (χ2v) is 10.0. The van der Waals surface area contributed by atoms with Gasteiger partial charge < -0.3 is 10.1 Å². The number of hydrogen-bond acceptors (Lipinski definition) is 5. The normalized spacial score (nSPS) is 11.3. The molecular weight excluding hydrogens is 541 g/mol. The molecule has 0 radical (unpaired) electrons. The molecule has 0 atom stereocenters. The highest BCUT2D eigenvalue weighted by molar-refractivity contribution is 14.1. The van der Waals surface area contributed by atoms with Crippen LogP contribution in [0.3, 0.4) is 0 Å². The molecule has 0 unspecified atom stereocenters. The second kappa shape index (κ2) is 9.36. The molecule has 0 saturated heterocycles. The zero-order valence-electron chi connectivity index (χ0n) is 16.2. The van der Waals surface area contributed by atoms with Gasteiger partial charge in [0.2, 0.25) is 15.7 Å². The summed E-state index contributed by atoms with van der Waals surface area (Å²) in [6, 6.07) is 10.3. The van der Waals surface area contributed by atoms with Gasteiger partial charge >= 0.3 is 0 Å². The molecule has 0 fully saturated rings. The first kappa shape index (κ1) is 22.6. The Kier molecular flexibility index (Phi) is 7.04. The maximum atomic E-state index is 13.0. The van der Waals surface area contributed by atoms with Crippen LogP contribution in [0, 0.1) is 10.5 Å². The number of hydrogen-bond donors (Lipinski definition) is 1. The van der Waals surface area contributed by atoms with E-state index < -0.39 is 9.84 Å². The molecule has 0 saturated carbocycles. The quantitative estimate of drug-likeness (QED) is 0.436. The van der Waals surface area contributed by atoms with Crippen molar-refractivity contribution in [3.05, 3.63) is 62.9 Å². The second-order valence-electron chi connectivity index (χ2n) is 6.48. The van der Waals surface area contributed by atoms with Gasteiger partial charge in [-0.1, -0.05) is 11.6 Å². The molecule has 2 aromatic carbocycles. The lowest BCUT2D eigenvalue weighted by atomic mass is 10.3. The first-order valence-electron chi connectivity index (χ1n) is 8.88. The zero-order valence-corrected chi connectivity index (χ0v) is 20.0. The van der Waals surface area contributed by atoms with E-state index in [9.17, 15) is 13.2 Å². The van der Waals surface area contributed by atoms with Gasteiger partial charge in [0, 0.05) is 35.9 Å². The van der Waals surface area contributed by atoms with Crippen LogP contribution in [0.4, 0.5) is 5.69 Å². The molecule has 1 amide bonds. The van der Waals surface area contributed by atoms with Crippen LogP contribution in [0.2, 0.25) is 5.02 Å². The fraction of sp³-hybridized carbons (Fsp3) is 0.200. The number of rotatable bonds is 7. The SMILES string of the molecule is COc1cc(NC(=O)CCn2cc(I)c(C)n2)cc(S(=O)(=O)c2ccc(Cl)cc2)c1. The molecular formula is C20H19ClIN3O4S. The van der Waals surface area contributed by atoms with Crippen LogP contribution in [0.1, 0.15) is 12.1 Å². The molecule has 3 aromatic rings. The van der Waals surface area contributed by atoms with Gasteiger partial charge in [0.1, 0.15) is 5.75 Å². The molecule has 30 heavy (non-hydrogen) atoms. The number of nitrogens with zero attached hydrogens (tertiary/aromatic N) is 2. The van der Waals surface area contributed by atoms with Crippen molar-refractivity contribution in [1.82, 2.24) is 9.78 Å². The maximum absolute atomic E-state index is 13.0. The number of halogens is 2. The van der Waals surface area contributed by atoms with Gasteiger partial charge in [-0.15, -0.1) is 0 Å². The number of anilines is 1. The van der Waals surface area contributed by atoms with Gasteiger partial charge in [-0.3, -0.25) is 9.48 Å². The van der Waals surface area contributed by atoms with E-state index in [1.165, 1.54) is 43.5 Å². The minimum absolute atomic E-state index is 0.0109. The summed E-state index contributed by atoms with van der Waals surface area (Å²) in [5.41, 5.74) is 1.24. The van der Waals surface area contributed by atoms with Gasteiger partial charge in [-0.2, -0.15) is 5.10 Å². The Morgan fingerprint density at radius 2 is 1.90 bits per heavy atom. The Bertz CT molecular complexity index is 1160. The van der Waals surface area contributed by atoms with E-state index in [1.54, 1.807) is 10.7 Å². The Morgan fingerprint density at radius 3 is 2.50 bits per heavy atom. The van der Waals surface area contributed by atoms with Crippen molar-refractivity contribution in [1.29, 1.82) is 0 Å². The van der Waals surface area contributed by atoms with E-state index in [0.717, 1.165) is 9.26 Å². The third-order valence-corrected chi connectivity index (χ3v) is 7.35. The molecule has 158 valence electrons. The highest BCUT2D eigenvalue weighted by Crippen LogP contribution is 2.29. The molecule has 1 heterocycles. The number of nitrogens with one attached hydrogen (secondary N) is 1. The van der Waals surface area contributed by atoms with Crippen LogP contribution in [-0.4, -0.2) is 31.2 Å². The van der Waals surface area contributed by atoms with E-state index in [4.69, 9.17) is 16.3 Å². The first-order chi connectivity index (χ1) is 14.2. The summed E-state index contributed by atoms with van der Waals surface area (Å²) in [5, 5.41) is 7.50. The molecule has 10 heteroatoms. The average Bonchev–Trinajstić information content (AvgIpc) is 3.04. The molecule has 3 rings (SSSR count). The molecule has 0 bridgehead atoms. The van der Waals surface area contributed by atoms with E-state index in [1.807, 2.05) is 13.1 Å². The van der Waals surface area contributed by atoms with Crippen LogP contribution in [0.15, 0.2) is 58.5 Å². The van der Waals surface area contributed by atoms with Crippen molar-refractivity contribution in [2.24, 2.45) is 0 Å². The number of amides is 1. The number of methoxy groups -OCH3 is 1. The minimum Gasteiger partial charge on any atom is -0.497 e. The Morgan fingerprint density at radius 1 is 1.20 bits per heavy atom. The molecule has 0 spiro atoms. The Hall–Kier alpha value is -2.11. The van der Waals surface area contributed by atoms with Gasteiger partial charge in [-0.25, -0.2) is 8.42 Å². The largest absolute Gasteiger partial charge is 0.497 e. The monoisotopic (exact) mass is 559 g/mol. The third-order valence-electron chi connectivity index (χ3n) is 4.29. The van der Waals surface area contributed by atoms with Crippen molar-refractivity contribution in [3.63, 3.8) is 0 Å². The molecule has 0 aliphatic rings. The number of carbonyl (C=O) groups is 1. The third kappa shape index (κ3) is 5.32. The highest BCUT2D eigenvalue weighted by Gasteiger charge is 2.20. The maximum Gasteiger partial charge on any atom is 0.226 e. The van der Waals surface area contributed by atoms with Crippen molar-refractivity contribution in [2.75, 3.05) is 12.4 Å². The zero-order chi connectivity index (χ0) is 21.9. The van der Waals surface area contributed by atoms with Crippen LogP contribution >= 0.6 is 34.2 Å². The van der Waals surface area contributed by atoms with E-state index in [2.05, 4.69) is 33.0 Å². The lowest BCUT2D eigenvalue weighted by molar-refractivity contribution is -0.116. The first-order valence-corrected chi connectivity index (χ1v) is 11.8. The van der Waals surface area contributed by atoms with Gasteiger partial charge in [0.25, 0.3) is 0 Å². The summed E-state index contributed by atoms with van der Waals surface area (Å²) in [7, 11) is -2.38. The minimum atomic E-state index is -3.81. The number of benzene rings is 2. The summed E-state index contributed by atoms with van der Waals surface area (Å²) in [4.78, 5) is 12.5. The van der Waals surface area contributed by atoms with Gasteiger partial charge in [0.15, 0.2) is 0 Å². The fourth-order valence-corrected chi connectivity index (χ4v) is 4.59. The van der Waals surface area contributed by atoms with Crippen LogP contribution in [-0.2, 0) is 21.2 Å². The number of ether oxygens (including phenoxy) is 1. The number of aromatic nitrogens is 2. The van der Waals surface area contributed by atoms with Crippen molar-refractivity contribution >= 4 is 55.6 Å². The van der Waals surface area contributed by atoms with Crippen LogP contribution < -0.4 is 10.1 Å². The Balaban J connectivity index is 1.80. The fourth-order valence-electron chi connectivity index (χ4n) is 2.71. The topological polar surface area (TPSA) is 90.3 Å². The van der Waals surface area contributed by atoms with Crippen molar-refractivity contribution in [2.45, 2.75) is 29.7 Å². The van der Waals surface area contributed by atoms with E-state index in [0.29, 0.717) is 23.0 Å². The van der Waals surface area contributed by atoms with Crippen LogP contribution in [0.25, 0.3) is 0 Å². The van der Waals surface area contributed by atoms with Crippen molar-refractivity contribution in [3.8, 4) is 5.75 Å². The van der Waals surface area contributed by atoms with Gasteiger partial charge in [-0.05, 0) is 65.9 Å². The molecule has 1 aromatic heterocycles. The number of carbonyl (C=O) groups excluding carboxylic acids is 1. The standard InChI is InChI=1S/C20H19ClIN3O4S/c1-13-19(22)12-25(24-13)8-7-20(26)23-15-9-16(29-2)11-18(10-15)30(27,28)17-5-3-14(21)4-6-17/h3-6,9-12H,7-8H2,1-2H3,(H,23,26). The average molecular weight is 560 g/mol. The van der Waals surface area contributed by atoms with Gasteiger partial charge in [0.05, 0.1) is 26.2 Å². The summed E-state index contributed by atoms with van der Waals surface area (Å²) < 4.78 is 33.9. The Labute approximate surface area is 193 Å². The van der Waals surface area contributed by atoms with E-state index >= 15 is 0 Å². The predicted octanol–water partition coefficient (Wildman–Crippen LogP) is 4.32. The molecule has 7 nitrogen and oxygen atoms in total. The smallest absolute Gasteiger partial charge is 0.226 e. The summed E-state index contributed by atoms with van der Waals surface area (Å²) >= 11 is 8.04. The molecule has 1 N–H and O–H groups in total. The summed E-state index contributed by atoms with van der Waals surface area (Å²) in [6.45, 7) is 2.31. The molecule has 0 aliphatic carbocycles. The lowest BCUT2D eigenvalue weighted by Crippen LogP contribution is -2.15. The van der Waals surface area contributed by atoms with Crippen LogP contribution in [0.5, 0.6) is 5.75 Å². The molecule has 0 aliphatic heterocycles. The summed E-state index contributed by atoms with van der Waals surface area (Å²) in [6.07, 6.45) is 2.05. The van der Waals surface area contributed by atoms with Crippen molar-refractivity contribution < 1.29 is 17.9 Å².